The second-order valence-corrected chi connectivity index (χ2v) is 3.92. The number of hydrogen-bond donors (Lipinski definition) is 1. The molecular weight excluding hydrogens is 217 g/mol. The number of aromatic amines is 1. The molecule has 2 heterocycles. The van der Waals surface area contributed by atoms with Gasteiger partial charge in [0.05, 0.1) is 0 Å². The number of H-pyrrole nitrogens is 1. The molecule has 0 saturated carbocycles. The Bertz CT molecular complexity index is 655. The third-order valence-electron chi connectivity index (χ3n) is 2.70. The average molecular weight is 227 g/mol. The first kappa shape index (κ1) is 9.96. The number of nitrogens with one attached hydrogen (secondary N) is 1. The molecule has 3 aromatic rings. The Kier molecular flexibility index (Phi) is 2.14. The summed E-state index contributed by atoms with van der Waals surface area (Å²) in [6, 6.07) is 8.38. The molecule has 3 rings (SSSR count). The summed E-state index contributed by atoms with van der Waals surface area (Å²) in [7, 11) is 0. The molecule has 2 aromatic heterocycles. The normalized spacial score (nSPS) is 10.9. The number of hydrogen-bond acceptors (Lipinski definition) is 2. The van der Waals surface area contributed by atoms with Gasteiger partial charge >= 0.3 is 0 Å². The van der Waals surface area contributed by atoms with Crippen LogP contribution in [-0.4, -0.2) is 15.0 Å². The number of aryl methyl sites for hydroxylation is 1. The maximum absolute atomic E-state index is 13.0. The standard InChI is InChI=1S/C13H10FN3/c1-8-7-9(14)4-5-10(8)12-16-11-3-2-6-15-13(11)17-12/h2-7H,1H3,(H,15,16,17). The summed E-state index contributed by atoms with van der Waals surface area (Å²) < 4.78 is 13.0. The number of rotatable bonds is 1. The van der Waals surface area contributed by atoms with E-state index in [4.69, 9.17) is 0 Å². The zero-order valence-corrected chi connectivity index (χ0v) is 9.24. The van der Waals surface area contributed by atoms with Crippen LogP contribution < -0.4 is 0 Å². The molecule has 17 heavy (non-hydrogen) atoms. The quantitative estimate of drug-likeness (QED) is 0.694. The molecule has 0 aliphatic heterocycles. The number of imidazole rings is 1. The smallest absolute Gasteiger partial charge is 0.157 e. The van der Waals surface area contributed by atoms with Crippen LogP contribution in [0.1, 0.15) is 5.56 Å². The van der Waals surface area contributed by atoms with E-state index < -0.39 is 0 Å². The van der Waals surface area contributed by atoms with E-state index in [0.29, 0.717) is 0 Å². The Labute approximate surface area is 97.3 Å². The van der Waals surface area contributed by atoms with Crippen molar-refractivity contribution < 1.29 is 4.39 Å². The number of halogens is 1. The van der Waals surface area contributed by atoms with Crippen LogP contribution in [0.4, 0.5) is 4.39 Å². The maximum atomic E-state index is 13.0. The average Bonchev–Trinajstić information content (AvgIpc) is 2.72. The molecule has 0 aliphatic carbocycles. The van der Waals surface area contributed by atoms with E-state index in [-0.39, 0.29) is 5.82 Å². The highest BCUT2D eigenvalue weighted by molar-refractivity contribution is 5.76. The van der Waals surface area contributed by atoms with Crippen molar-refractivity contribution in [1.29, 1.82) is 0 Å². The molecule has 0 saturated heterocycles. The number of fused-ring (bicyclic) bond motifs is 1. The Hall–Kier alpha value is -2.23. The third-order valence-corrected chi connectivity index (χ3v) is 2.70. The van der Waals surface area contributed by atoms with Crippen LogP contribution in [0, 0.1) is 12.7 Å². The third kappa shape index (κ3) is 1.67. The number of pyridine rings is 1. The van der Waals surface area contributed by atoms with Crippen molar-refractivity contribution >= 4 is 11.2 Å². The van der Waals surface area contributed by atoms with Crippen molar-refractivity contribution in [2.45, 2.75) is 6.92 Å². The lowest BCUT2D eigenvalue weighted by Gasteiger charge is -2.01. The van der Waals surface area contributed by atoms with Crippen LogP contribution in [-0.2, 0) is 0 Å². The van der Waals surface area contributed by atoms with E-state index in [1.54, 1.807) is 12.3 Å². The van der Waals surface area contributed by atoms with Gasteiger partial charge < -0.3 is 4.98 Å². The highest BCUT2D eigenvalue weighted by atomic mass is 19.1. The SMILES string of the molecule is Cc1cc(F)ccc1-c1nc2cccnc2[nH]1. The monoisotopic (exact) mass is 227 g/mol. The van der Waals surface area contributed by atoms with Gasteiger partial charge in [-0.05, 0) is 42.8 Å². The van der Waals surface area contributed by atoms with Gasteiger partial charge in [0.2, 0.25) is 0 Å². The molecule has 3 nitrogen and oxygen atoms in total. The Morgan fingerprint density at radius 1 is 1.24 bits per heavy atom. The molecule has 4 heteroatoms. The predicted molar refractivity (Wildman–Crippen MR) is 64.0 cm³/mol. The molecule has 0 spiro atoms. The zero-order chi connectivity index (χ0) is 11.8. The molecule has 0 radical (unpaired) electrons. The molecule has 1 N–H and O–H groups in total. The number of benzene rings is 1. The zero-order valence-electron chi connectivity index (χ0n) is 9.24. The summed E-state index contributed by atoms with van der Waals surface area (Å²) in [4.78, 5) is 11.7. The first-order chi connectivity index (χ1) is 8.24. The molecular formula is C13H10FN3. The summed E-state index contributed by atoms with van der Waals surface area (Å²) in [6.45, 7) is 1.86. The van der Waals surface area contributed by atoms with Crippen molar-refractivity contribution in [2.24, 2.45) is 0 Å². The van der Waals surface area contributed by atoms with E-state index in [9.17, 15) is 4.39 Å². The van der Waals surface area contributed by atoms with E-state index in [2.05, 4.69) is 15.0 Å². The Morgan fingerprint density at radius 2 is 2.12 bits per heavy atom. The summed E-state index contributed by atoms with van der Waals surface area (Å²) in [5.74, 6) is 0.483. The number of nitrogens with zero attached hydrogens (tertiary/aromatic N) is 2. The molecule has 0 atom stereocenters. The molecule has 0 bridgehead atoms. The maximum Gasteiger partial charge on any atom is 0.157 e. The van der Waals surface area contributed by atoms with Gasteiger partial charge in [0.25, 0.3) is 0 Å². The van der Waals surface area contributed by atoms with Crippen molar-refractivity contribution in [3.05, 3.63) is 47.9 Å². The minimum Gasteiger partial charge on any atom is -0.323 e. The Morgan fingerprint density at radius 3 is 2.88 bits per heavy atom. The van der Waals surface area contributed by atoms with Gasteiger partial charge in [0.1, 0.15) is 17.2 Å². The summed E-state index contributed by atoms with van der Waals surface area (Å²) in [6.07, 6.45) is 1.71. The molecule has 0 unspecified atom stereocenters. The van der Waals surface area contributed by atoms with Crippen LogP contribution >= 0.6 is 0 Å². The van der Waals surface area contributed by atoms with Crippen molar-refractivity contribution in [3.63, 3.8) is 0 Å². The van der Waals surface area contributed by atoms with Gasteiger partial charge in [-0.15, -0.1) is 0 Å². The predicted octanol–water partition coefficient (Wildman–Crippen LogP) is 3.07. The fraction of sp³-hybridized carbons (Fsp3) is 0.0769. The second kappa shape index (κ2) is 3.66. The highest BCUT2D eigenvalue weighted by Crippen LogP contribution is 2.23. The van der Waals surface area contributed by atoms with Crippen LogP contribution in [0.15, 0.2) is 36.5 Å². The molecule has 1 aromatic carbocycles. The van der Waals surface area contributed by atoms with Gasteiger partial charge in [-0.3, -0.25) is 0 Å². The lowest BCUT2D eigenvalue weighted by atomic mass is 10.1. The fourth-order valence-electron chi connectivity index (χ4n) is 1.86. The van der Waals surface area contributed by atoms with Crippen LogP contribution in [0.2, 0.25) is 0 Å². The van der Waals surface area contributed by atoms with Crippen LogP contribution in [0.5, 0.6) is 0 Å². The minimum atomic E-state index is -0.236. The molecule has 0 aliphatic rings. The summed E-state index contributed by atoms with van der Waals surface area (Å²) >= 11 is 0. The highest BCUT2D eigenvalue weighted by Gasteiger charge is 2.08. The van der Waals surface area contributed by atoms with Gasteiger partial charge in [0.15, 0.2) is 5.65 Å². The summed E-state index contributed by atoms with van der Waals surface area (Å²) in [5, 5.41) is 0. The first-order valence-corrected chi connectivity index (χ1v) is 5.31. The summed E-state index contributed by atoms with van der Waals surface area (Å²) in [5.41, 5.74) is 3.30. The first-order valence-electron chi connectivity index (χ1n) is 5.31. The van der Waals surface area contributed by atoms with Gasteiger partial charge in [-0.25, -0.2) is 14.4 Å². The van der Waals surface area contributed by atoms with E-state index >= 15 is 0 Å². The van der Waals surface area contributed by atoms with Crippen molar-refractivity contribution in [3.8, 4) is 11.4 Å². The van der Waals surface area contributed by atoms with Crippen LogP contribution in [0.25, 0.3) is 22.6 Å². The van der Waals surface area contributed by atoms with Gasteiger partial charge in [0, 0.05) is 11.8 Å². The van der Waals surface area contributed by atoms with E-state index in [1.165, 1.54) is 12.1 Å². The van der Waals surface area contributed by atoms with E-state index in [1.807, 2.05) is 19.1 Å². The van der Waals surface area contributed by atoms with Crippen LogP contribution in [0.3, 0.4) is 0 Å². The van der Waals surface area contributed by atoms with Gasteiger partial charge in [-0.1, -0.05) is 0 Å². The Balaban J connectivity index is 2.20. The van der Waals surface area contributed by atoms with Crippen molar-refractivity contribution in [2.75, 3.05) is 0 Å². The van der Waals surface area contributed by atoms with E-state index in [0.717, 1.165) is 28.1 Å². The van der Waals surface area contributed by atoms with Crippen molar-refractivity contribution in [1.82, 2.24) is 15.0 Å². The lowest BCUT2D eigenvalue weighted by Crippen LogP contribution is -1.86. The lowest BCUT2D eigenvalue weighted by molar-refractivity contribution is 0.627. The topological polar surface area (TPSA) is 41.6 Å². The minimum absolute atomic E-state index is 0.236. The van der Waals surface area contributed by atoms with Gasteiger partial charge in [-0.2, -0.15) is 0 Å². The molecule has 0 fully saturated rings. The fourth-order valence-corrected chi connectivity index (χ4v) is 1.86. The second-order valence-electron chi connectivity index (χ2n) is 3.92. The molecule has 84 valence electrons. The molecule has 0 amide bonds. The largest absolute Gasteiger partial charge is 0.323 e. The number of aromatic nitrogens is 3.